The van der Waals surface area contributed by atoms with Crippen LogP contribution in [0.1, 0.15) is 46.0 Å². The topological polar surface area (TPSA) is 34.1 Å². The molecule has 1 rings (SSSR count). The summed E-state index contributed by atoms with van der Waals surface area (Å²) in [4.78, 5) is 22.3. The minimum Gasteiger partial charge on any atom is -0.299 e. The van der Waals surface area contributed by atoms with E-state index in [1.165, 1.54) is 0 Å². The van der Waals surface area contributed by atoms with Gasteiger partial charge in [-0.2, -0.15) is 0 Å². The van der Waals surface area contributed by atoms with Crippen molar-refractivity contribution in [3.63, 3.8) is 0 Å². The molecule has 0 aromatic heterocycles. The molecule has 0 heterocycles. The monoisotopic (exact) mass is 168 g/mol. The van der Waals surface area contributed by atoms with Crippen molar-refractivity contribution in [2.45, 2.75) is 46.0 Å². The SMILES string of the molecule is CCCC1(C)CC(=O)CC(=O)C1. The van der Waals surface area contributed by atoms with Gasteiger partial charge in [0, 0.05) is 12.8 Å². The van der Waals surface area contributed by atoms with E-state index in [2.05, 4.69) is 6.92 Å². The largest absolute Gasteiger partial charge is 0.299 e. The first-order chi connectivity index (χ1) is 5.56. The van der Waals surface area contributed by atoms with Crippen molar-refractivity contribution in [2.75, 3.05) is 0 Å². The second kappa shape index (κ2) is 3.38. The molecule has 1 fully saturated rings. The van der Waals surface area contributed by atoms with Crippen LogP contribution in [-0.2, 0) is 9.59 Å². The van der Waals surface area contributed by atoms with E-state index in [0.717, 1.165) is 12.8 Å². The van der Waals surface area contributed by atoms with Crippen LogP contribution in [-0.4, -0.2) is 11.6 Å². The number of hydrogen-bond donors (Lipinski definition) is 0. The highest BCUT2D eigenvalue weighted by atomic mass is 16.1. The molecule has 12 heavy (non-hydrogen) atoms. The lowest BCUT2D eigenvalue weighted by Gasteiger charge is -2.31. The molecule has 0 spiro atoms. The zero-order valence-electron chi connectivity index (χ0n) is 7.85. The number of Topliss-reactive ketones (excluding diaryl/α,β-unsaturated/α-hetero) is 2. The Morgan fingerprint density at radius 1 is 1.25 bits per heavy atom. The quantitative estimate of drug-likeness (QED) is 0.592. The second-order valence-electron chi connectivity index (χ2n) is 4.17. The second-order valence-corrected chi connectivity index (χ2v) is 4.17. The summed E-state index contributed by atoms with van der Waals surface area (Å²) in [6.45, 7) is 4.14. The number of ketones is 2. The number of carbonyl (C=O) groups is 2. The van der Waals surface area contributed by atoms with Crippen LogP contribution >= 0.6 is 0 Å². The highest BCUT2D eigenvalue weighted by Gasteiger charge is 2.34. The van der Waals surface area contributed by atoms with E-state index in [-0.39, 0.29) is 23.4 Å². The van der Waals surface area contributed by atoms with E-state index >= 15 is 0 Å². The Labute approximate surface area is 73.3 Å². The van der Waals surface area contributed by atoms with Crippen LogP contribution in [0.15, 0.2) is 0 Å². The summed E-state index contributed by atoms with van der Waals surface area (Å²) in [5.41, 5.74) is -0.0266. The highest BCUT2D eigenvalue weighted by Crippen LogP contribution is 2.36. The Morgan fingerprint density at radius 3 is 2.17 bits per heavy atom. The summed E-state index contributed by atoms with van der Waals surface area (Å²) in [7, 11) is 0. The normalized spacial score (nSPS) is 22.8. The fourth-order valence-corrected chi connectivity index (χ4v) is 2.14. The molecule has 68 valence electrons. The minimum absolute atomic E-state index is 0.0266. The summed E-state index contributed by atoms with van der Waals surface area (Å²) in [6, 6.07) is 0. The van der Waals surface area contributed by atoms with E-state index in [9.17, 15) is 9.59 Å². The van der Waals surface area contributed by atoms with Gasteiger partial charge in [0.25, 0.3) is 0 Å². The van der Waals surface area contributed by atoms with E-state index in [1.807, 2.05) is 6.92 Å². The fraction of sp³-hybridized carbons (Fsp3) is 0.800. The molecule has 0 unspecified atom stereocenters. The summed E-state index contributed by atoms with van der Waals surface area (Å²) in [6.07, 6.45) is 3.43. The van der Waals surface area contributed by atoms with Crippen molar-refractivity contribution in [1.82, 2.24) is 0 Å². The molecule has 0 amide bonds. The highest BCUT2D eigenvalue weighted by molar-refractivity contribution is 6.02. The first-order valence-electron chi connectivity index (χ1n) is 4.59. The lowest BCUT2D eigenvalue weighted by atomic mass is 9.72. The van der Waals surface area contributed by atoms with Gasteiger partial charge in [0.1, 0.15) is 11.6 Å². The van der Waals surface area contributed by atoms with E-state index < -0.39 is 0 Å². The zero-order chi connectivity index (χ0) is 9.19. The van der Waals surface area contributed by atoms with Gasteiger partial charge < -0.3 is 0 Å². The van der Waals surface area contributed by atoms with E-state index in [0.29, 0.717) is 12.8 Å². The maximum atomic E-state index is 11.1. The molecule has 1 saturated carbocycles. The fourth-order valence-electron chi connectivity index (χ4n) is 2.14. The van der Waals surface area contributed by atoms with Gasteiger partial charge in [-0.3, -0.25) is 9.59 Å². The molecule has 0 aromatic rings. The summed E-state index contributed by atoms with van der Waals surface area (Å²) < 4.78 is 0. The van der Waals surface area contributed by atoms with Gasteiger partial charge in [0.15, 0.2) is 0 Å². The first-order valence-corrected chi connectivity index (χ1v) is 4.59. The Bertz CT molecular complexity index is 190. The summed E-state index contributed by atoms with van der Waals surface area (Å²) in [5.74, 6) is 0.254. The number of rotatable bonds is 2. The van der Waals surface area contributed by atoms with Gasteiger partial charge in [0.2, 0.25) is 0 Å². The average Bonchev–Trinajstić information content (AvgIpc) is 1.82. The molecule has 0 radical (unpaired) electrons. The van der Waals surface area contributed by atoms with Crippen LogP contribution in [0.5, 0.6) is 0 Å². The van der Waals surface area contributed by atoms with Crippen LogP contribution in [0.4, 0.5) is 0 Å². The van der Waals surface area contributed by atoms with Crippen molar-refractivity contribution < 1.29 is 9.59 Å². The standard InChI is InChI=1S/C10H16O2/c1-3-4-10(2)6-8(11)5-9(12)7-10/h3-7H2,1-2H3. The molecule has 0 bridgehead atoms. The summed E-state index contributed by atoms with van der Waals surface area (Å²) >= 11 is 0. The van der Waals surface area contributed by atoms with Crippen molar-refractivity contribution in [1.29, 1.82) is 0 Å². The molecule has 0 N–H and O–H groups in total. The molecule has 1 aliphatic carbocycles. The number of carbonyl (C=O) groups excluding carboxylic acids is 2. The Balaban J connectivity index is 2.64. The molecule has 1 aliphatic rings. The van der Waals surface area contributed by atoms with Gasteiger partial charge in [-0.25, -0.2) is 0 Å². The van der Waals surface area contributed by atoms with Gasteiger partial charge in [-0.05, 0) is 11.8 Å². The van der Waals surface area contributed by atoms with Gasteiger partial charge >= 0.3 is 0 Å². The predicted octanol–water partition coefficient (Wildman–Crippen LogP) is 2.11. The van der Waals surface area contributed by atoms with Crippen LogP contribution < -0.4 is 0 Å². The Hall–Kier alpha value is -0.660. The maximum Gasteiger partial charge on any atom is 0.140 e. The molecular weight excluding hydrogens is 152 g/mol. The maximum absolute atomic E-state index is 11.1. The molecule has 2 heteroatoms. The third kappa shape index (κ3) is 2.16. The smallest absolute Gasteiger partial charge is 0.140 e. The molecule has 0 atom stereocenters. The van der Waals surface area contributed by atoms with Crippen molar-refractivity contribution >= 4 is 11.6 Å². The van der Waals surface area contributed by atoms with Crippen molar-refractivity contribution in [3.8, 4) is 0 Å². The Morgan fingerprint density at radius 2 is 1.75 bits per heavy atom. The summed E-state index contributed by atoms with van der Waals surface area (Å²) in [5, 5.41) is 0. The van der Waals surface area contributed by atoms with E-state index in [1.54, 1.807) is 0 Å². The van der Waals surface area contributed by atoms with Gasteiger partial charge in [-0.1, -0.05) is 20.3 Å². The van der Waals surface area contributed by atoms with Crippen LogP contribution in [0.25, 0.3) is 0 Å². The van der Waals surface area contributed by atoms with Crippen LogP contribution in [0.2, 0.25) is 0 Å². The predicted molar refractivity (Wildman–Crippen MR) is 46.9 cm³/mol. The zero-order valence-corrected chi connectivity index (χ0v) is 7.85. The van der Waals surface area contributed by atoms with Crippen LogP contribution in [0.3, 0.4) is 0 Å². The van der Waals surface area contributed by atoms with Crippen molar-refractivity contribution in [3.05, 3.63) is 0 Å². The molecule has 0 aromatic carbocycles. The van der Waals surface area contributed by atoms with E-state index in [4.69, 9.17) is 0 Å². The minimum atomic E-state index is -0.0266. The number of hydrogen-bond acceptors (Lipinski definition) is 2. The van der Waals surface area contributed by atoms with Crippen molar-refractivity contribution in [2.24, 2.45) is 5.41 Å². The van der Waals surface area contributed by atoms with Crippen LogP contribution in [0, 0.1) is 5.41 Å². The van der Waals surface area contributed by atoms with Gasteiger partial charge in [0.05, 0.1) is 6.42 Å². The molecular formula is C10H16O2. The average molecular weight is 168 g/mol. The molecule has 0 saturated heterocycles. The third-order valence-corrected chi connectivity index (χ3v) is 2.50. The molecule has 2 nitrogen and oxygen atoms in total. The third-order valence-electron chi connectivity index (χ3n) is 2.50. The Kier molecular flexibility index (Phi) is 2.65. The van der Waals surface area contributed by atoms with Gasteiger partial charge in [-0.15, -0.1) is 0 Å². The molecule has 0 aliphatic heterocycles. The lowest BCUT2D eigenvalue weighted by Crippen LogP contribution is -2.31. The first kappa shape index (κ1) is 9.43. The lowest BCUT2D eigenvalue weighted by molar-refractivity contribution is -0.133.